The smallest absolute Gasteiger partial charge is 0.258 e. The summed E-state index contributed by atoms with van der Waals surface area (Å²) < 4.78 is 0. The maximum Gasteiger partial charge on any atom is 0.269 e. The number of nitrogens with zero attached hydrogens (tertiary/aromatic N) is 1. The van der Waals surface area contributed by atoms with Crippen LogP contribution in [-0.4, -0.2) is 4.92 Å². The first kappa shape index (κ1) is 11.4. The van der Waals surface area contributed by atoms with E-state index in [1.807, 2.05) is 13.0 Å². The van der Waals surface area contributed by atoms with E-state index in [1.165, 1.54) is 0 Å². The molecule has 15 heavy (non-hydrogen) atoms. The Bertz CT molecular complexity index is 385. The Kier molecular flexibility index (Phi) is 3.61. The molecule has 0 fully saturated rings. The Morgan fingerprint density at radius 2 is 2.20 bits per heavy atom. The fraction of sp³-hybridized carbons (Fsp3) is 0.250. The zero-order chi connectivity index (χ0) is 11.4. The molecule has 0 N–H and O–H groups in total. The van der Waals surface area contributed by atoms with E-state index in [0.29, 0.717) is 0 Å². The normalized spacial score (nSPS) is 12.1. The second-order valence-electron chi connectivity index (χ2n) is 3.39. The standard InChI is InChI=1S/C12H14NO2/c1-4-9(3)11-6-10(5-2)7-12(8-11)13(14)15/h4,6-9H,1,3,5H2,2H3. The number of hydrogen-bond donors (Lipinski definition) is 0. The zero-order valence-corrected chi connectivity index (χ0v) is 8.77. The molecule has 1 rings (SSSR count). The van der Waals surface area contributed by atoms with Gasteiger partial charge in [0.25, 0.3) is 5.69 Å². The van der Waals surface area contributed by atoms with Crippen molar-refractivity contribution in [2.75, 3.05) is 0 Å². The minimum Gasteiger partial charge on any atom is -0.258 e. The van der Waals surface area contributed by atoms with Crippen LogP contribution in [0, 0.1) is 17.0 Å². The lowest BCUT2D eigenvalue weighted by Gasteiger charge is -2.08. The molecule has 0 heterocycles. The van der Waals surface area contributed by atoms with Gasteiger partial charge >= 0.3 is 0 Å². The summed E-state index contributed by atoms with van der Waals surface area (Å²) in [7, 11) is 0. The highest BCUT2D eigenvalue weighted by Gasteiger charge is 2.11. The van der Waals surface area contributed by atoms with E-state index in [2.05, 4.69) is 13.5 Å². The lowest BCUT2D eigenvalue weighted by atomic mass is 9.97. The molecule has 1 aromatic rings. The van der Waals surface area contributed by atoms with Crippen LogP contribution in [0.15, 0.2) is 30.9 Å². The molecule has 0 aliphatic heterocycles. The van der Waals surface area contributed by atoms with Crippen molar-refractivity contribution in [1.29, 1.82) is 0 Å². The highest BCUT2D eigenvalue weighted by Crippen LogP contribution is 2.23. The predicted molar refractivity (Wildman–Crippen MR) is 60.8 cm³/mol. The fourth-order valence-corrected chi connectivity index (χ4v) is 1.36. The molecule has 3 heteroatoms. The Balaban J connectivity index is 3.22. The molecule has 0 amide bonds. The number of nitro benzene ring substituents is 1. The van der Waals surface area contributed by atoms with Crippen LogP contribution >= 0.6 is 0 Å². The number of hydrogen-bond acceptors (Lipinski definition) is 2. The minimum atomic E-state index is -0.377. The van der Waals surface area contributed by atoms with Gasteiger partial charge in [0, 0.05) is 18.1 Å². The summed E-state index contributed by atoms with van der Waals surface area (Å²) in [5.41, 5.74) is 1.92. The highest BCUT2D eigenvalue weighted by molar-refractivity contribution is 5.42. The van der Waals surface area contributed by atoms with E-state index >= 15 is 0 Å². The van der Waals surface area contributed by atoms with Gasteiger partial charge in [0.1, 0.15) is 0 Å². The van der Waals surface area contributed by atoms with Gasteiger partial charge in [-0.3, -0.25) is 10.1 Å². The average molecular weight is 204 g/mol. The number of non-ortho nitro benzene ring substituents is 1. The summed E-state index contributed by atoms with van der Waals surface area (Å²) in [5, 5.41) is 10.7. The van der Waals surface area contributed by atoms with Crippen LogP contribution in [0.1, 0.15) is 24.0 Å². The third-order valence-corrected chi connectivity index (χ3v) is 2.33. The first-order valence-electron chi connectivity index (χ1n) is 4.82. The largest absolute Gasteiger partial charge is 0.269 e. The van der Waals surface area contributed by atoms with Crippen LogP contribution in [-0.2, 0) is 6.42 Å². The summed E-state index contributed by atoms with van der Waals surface area (Å²) in [6, 6.07) is 5.09. The topological polar surface area (TPSA) is 43.1 Å². The molecule has 0 aliphatic rings. The van der Waals surface area contributed by atoms with Crippen molar-refractivity contribution in [3.63, 3.8) is 0 Å². The van der Waals surface area contributed by atoms with E-state index in [-0.39, 0.29) is 16.5 Å². The Morgan fingerprint density at radius 1 is 1.53 bits per heavy atom. The van der Waals surface area contributed by atoms with E-state index in [0.717, 1.165) is 17.5 Å². The molecular formula is C12H14NO2. The Labute approximate surface area is 89.6 Å². The molecule has 3 nitrogen and oxygen atoms in total. The molecule has 0 aliphatic carbocycles. The van der Waals surface area contributed by atoms with Crippen molar-refractivity contribution < 1.29 is 4.92 Å². The number of nitro groups is 1. The summed E-state index contributed by atoms with van der Waals surface area (Å²) in [4.78, 5) is 10.3. The van der Waals surface area contributed by atoms with Crippen molar-refractivity contribution in [2.24, 2.45) is 0 Å². The van der Waals surface area contributed by atoms with E-state index in [4.69, 9.17) is 0 Å². The van der Waals surface area contributed by atoms with Crippen LogP contribution in [0.5, 0.6) is 0 Å². The minimum absolute atomic E-state index is 0.102. The maximum absolute atomic E-state index is 10.7. The molecule has 0 bridgehead atoms. The Hall–Kier alpha value is -1.64. The SMILES string of the molecule is [CH2]C(C=C)c1cc(CC)cc([N+](=O)[O-])c1. The molecule has 0 saturated heterocycles. The molecule has 1 atom stereocenters. The lowest BCUT2D eigenvalue weighted by molar-refractivity contribution is -0.385. The van der Waals surface area contributed by atoms with Gasteiger partial charge in [-0.1, -0.05) is 19.1 Å². The molecular weight excluding hydrogens is 190 g/mol. The molecule has 1 aromatic carbocycles. The van der Waals surface area contributed by atoms with Crippen LogP contribution in [0.4, 0.5) is 5.69 Å². The lowest BCUT2D eigenvalue weighted by Crippen LogP contribution is -1.96. The van der Waals surface area contributed by atoms with Crippen molar-refractivity contribution in [3.8, 4) is 0 Å². The monoisotopic (exact) mass is 204 g/mol. The van der Waals surface area contributed by atoms with Gasteiger partial charge in [-0.2, -0.15) is 0 Å². The second kappa shape index (κ2) is 4.73. The fourth-order valence-electron chi connectivity index (χ4n) is 1.36. The van der Waals surface area contributed by atoms with Gasteiger partial charge in [-0.15, -0.1) is 6.58 Å². The van der Waals surface area contributed by atoms with Crippen molar-refractivity contribution in [1.82, 2.24) is 0 Å². The van der Waals surface area contributed by atoms with Gasteiger partial charge in [0.2, 0.25) is 0 Å². The summed E-state index contributed by atoms with van der Waals surface area (Å²) >= 11 is 0. The van der Waals surface area contributed by atoms with Crippen LogP contribution < -0.4 is 0 Å². The van der Waals surface area contributed by atoms with Crippen molar-refractivity contribution in [2.45, 2.75) is 19.3 Å². The van der Waals surface area contributed by atoms with Gasteiger partial charge in [-0.05, 0) is 24.5 Å². The van der Waals surface area contributed by atoms with Crippen LogP contribution in [0.3, 0.4) is 0 Å². The summed E-state index contributed by atoms with van der Waals surface area (Å²) in [6.45, 7) is 9.46. The molecule has 0 spiro atoms. The van der Waals surface area contributed by atoms with Gasteiger partial charge in [0.05, 0.1) is 4.92 Å². The predicted octanol–water partition coefficient (Wildman–Crippen LogP) is 3.26. The van der Waals surface area contributed by atoms with Gasteiger partial charge in [-0.25, -0.2) is 0 Å². The third-order valence-electron chi connectivity index (χ3n) is 2.33. The van der Waals surface area contributed by atoms with E-state index in [9.17, 15) is 10.1 Å². The van der Waals surface area contributed by atoms with Crippen LogP contribution in [0.2, 0.25) is 0 Å². The van der Waals surface area contributed by atoms with E-state index < -0.39 is 0 Å². The third kappa shape index (κ3) is 2.65. The molecule has 0 aromatic heterocycles. The molecule has 1 radical (unpaired) electrons. The van der Waals surface area contributed by atoms with Crippen LogP contribution in [0.25, 0.3) is 0 Å². The number of benzene rings is 1. The first-order chi connectivity index (χ1) is 7.08. The van der Waals surface area contributed by atoms with Crippen molar-refractivity contribution in [3.05, 3.63) is 59.0 Å². The number of rotatable bonds is 4. The second-order valence-corrected chi connectivity index (χ2v) is 3.39. The highest BCUT2D eigenvalue weighted by atomic mass is 16.6. The number of aryl methyl sites for hydroxylation is 1. The van der Waals surface area contributed by atoms with E-state index in [1.54, 1.807) is 18.2 Å². The number of allylic oxidation sites excluding steroid dienone is 1. The maximum atomic E-state index is 10.7. The average Bonchev–Trinajstić information content (AvgIpc) is 2.27. The zero-order valence-electron chi connectivity index (χ0n) is 8.77. The first-order valence-corrected chi connectivity index (χ1v) is 4.82. The summed E-state index contributed by atoms with van der Waals surface area (Å²) in [6.07, 6.45) is 2.46. The molecule has 1 unspecified atom stereocenters. The quantitative estimate of drug-likeness (QED) is 0.429. The van der Waals surface area contributed by atoms with Gasteiger partial charge < -0.3 is 0 Å². The van der Waals surface area contributed by atoms with Gasteiger partial charge in [0.15, 0.2) is 0 Å². The molecule has 0 saturated carbocycles. The van der Waals surface area contributed by atoms with Crippen molar-refractivity contribution >= 4 is 5.69 Å². The Morgan fingerprint density at radius 3 is 2.67 bits per heavy atom. The molecule has 79 valence electrons. The summed E-state index contributed by atoms with van der Waals surface area (Å²) in [5.74, 6) is -0.102.